The molecule has 1 aromatic heterocycles. The van der Waals surface area contributed by atoms with Crippen molar-refractivity contribution in [3.63, 3.8) is 0 Å². The lowest BCUT2D eigenvalue weighted by molar-refractivity contribution is -0.151. The number of carbonyl (C=O) groups is 2. The van der Waals surface area contributed by atoms with Crippen LogP contribution in [-0.2, 0) is 23.8 Å². The van der Waals surface area contributed by atoms with E-state index in [-0.39, 0.29) is 24.2 Å². The van der Waals surface area contributed by atoms with Crippen LogP contribution in [0.5, 0.6) is 0 Å². The van der Waals surface area contributed by atoms with Gasteiger partial charge in [0, 0.05) is 20.2 Å². The van der Waals surface area contributed by atoms with Gasteiger partial charge in [-0.15, -0.1) is 0 Å². The number of aromatic nitrogens is 2. The van der Waals surface area contributed by atoms with Crippen LogP contribution in [0.3, 0.4) is 0 Å². The van der Waals surface area contributed by atoms with Crippen LogP contribution in [0.1, 0.15) is 38.3 Å². The van der Waals surface area contributed by atoms with E-state index in [2.05, 4.69) is 4.98 Å². The molecule has 0 radical (unpaired) electrons. The van der Waals surface area contributed by atoms with E-state index in [0.29, 0.717) is 43.0 Å². The van der Waals surface area contributed by atoms with Gasteiger partial charge in [-0.3, -0.25) is 9.59 Å². The molecule has 32 heavy (non-hydrogen) atoms. The largest absolute Gasteiger partial charge is 0.466 e. The lowest BCUT2D eigenvalue weighted by Crippen LogP contribution is -2.41. The summed E-state index contributed by atoms with van der Waals surface area (Å²) < 4.78 is 15.6. The maximum atomic E-state index is 12.8. The van der Waals surface area contributed by atoms with Gasteiger partial charge in [0.25, 0.3) is 0 Å². The highest BCUT2D eigenvalue weighted by Gasteiger charge is 2.34. The van der Waals surface area contributed by atoms with E-state index in [1.807, 2.05) is 29.2 Å². The van der Waals surface area contributed by atoms with Gasteiger partial charge in [0.2, 0.25) is 0 Å². The Balaban J connectivity index is 1.99. The first-order chi connectivity index (χ1) is 15.5. The smallest absolute Gasteiger partial charge is 0.330 e. The number of nitrogens with zero attached hydrogens (tertiary/aromatic N) is 4. The summed E-state index contributed by atoms with van der Waals surface area (Å²) in [6.45, 7) is 5.01. The predicted octanol–water partition coefficient (Wildman–Crippen LogP) is 2.59. The molecular formula is C23H28N4O5. The molecule has 1 fully saturated rings. The number of fused-ring (bicyclic) bond motifs is 1. The summed E-state index contributed by atoms with van der Waals surface area (Å²) in [6.07, 6.45) is 0.955. The van der Waals surface area contributed by atoms with Crippen molar-refractivity contribution in [2.24, 2.45) is 5.92 Å². The van der Waals surface area contributed by atoms with Gasteiger partial charge in [-0.05, 0) is 38.8 Å². The van der Waals surface area contributed by atoms with E-state index in [9.17, 15) is 14.9 Å². The monoisotopic (exact) mass is 440 g/mol. The number of ether oxygens (including phenoxy) is 3. The molecule has 1 aliphatic heterocycles. The van der Waals surface area contributed by atoms with Crippen LogP contribution in [0.4, 0.5) is 5.82 Å². The number of rotatable bonds is 8. The molecule has 0 N–H and O–H groups in total. The van der Waals surface area contributed by atoms with E-state index in [1.165, 1.54) is 7.11 Å². The predicted molar refractivity (Wildman–Crippen MR) is 117 cm³/mol. The normalized spacial score (nSPS) is 17.9. The van der Waals surface area contributed by atoms with Crippen LogP contribution < -0.4 is 4.90 Å². The second-order valence-corrected chi connectivity index (χ2v) is 7.72. The molecule has 1 aromatic carbocycles. The molecular weight excluding hydrogens is 412 g/mol. The lowest BCUT2D eigenvalue weighted by Gasteiger charge is -2.33. The van der Waals surface area contributed by atoms with Gasteiger partial charge in [-0.1, -0.05) is 12.1 Å². The minimum Gasteiger partial charge on any atom is -0.466 e. The Morgan fingerprint density at radius 2 is 2.00 bits per heavy atom. The Morgan fingerprint density at radius 1 is 1.28 bits per heavy atom. The first-order valence-electron chi connectivity index (χ1n) is 10.8. The van der Waals surface area contributed by atoms with Crippen molar-refractivity contribution in [3.8, 4) is 6.07 Å². The van der Waals surface area contributed by atoms with Gasteiger partial charge in [0.05, 0.1) is 36.2 Å². The third kappa shape index (κ3) is 5.32. The third-order valence-electron chi connectivity index (χ3n) is 5.28. The van der Waals surface area contributed by atoms with Gasteiger partial charge >= 0.3 is 11.9 Å². The minimum absolute atomic E-state index is 0.216. The Hall–Kier alpha value is -3.25. The van der Waals surface area contributed by atoms with Crippen LogP contribution in [-0.4, -0.2) is 61.4 Å². The number of carbonyl (C=O) groups excluding carboxylic acids is 2. The van der Waals surface area contributed by atoms with Crippen molar-refractivity contribution in [1.82, 2.24) is 9.97 Å². The van der Waals surface area contributed by atoms with Gasteiger partial charge < -0.3 is 19.1 Å². The average Bonchev–Trinajstić information content (AvgIpc) is 2.79. The van der Waals surface area contributed by atoms with E-state index in [0.717, 1.165) is 6.42 Å². The van der Waals surface area contributed by atoms with Crippen LogP contribution in [0.25, 0.3) is 11.0 Å². The van der Waals surface area contributed by atoms with Gasteiger partial charge in [-0.2, -0.15) is 5.26 Å². The van der Waals surface area contributed by atoms with Gasteiger partial charge in [-0.25, -0.2) is 9.97 Å². The third-order valence-corrected chi connectivity index (χ3v) is 5.28. The van der Waals surface area contributed by atoms with E-state index >= 15 is 0 Å². The summed E-state index contributed by atoms with van der Waals surface area (Å²) in [5.74, 6) is -2.11. The molecule has 0 bridgehead atoms. The molecule has 0 aliphatic carbocycles. The maximum Gasteiger partial charge on any atom is 0.330 e. The molecule has 170 valence electrons. The summed E-state index contributed by atoms with van der Waals surface area (Å²) in [5.41, 5.74) is 1.44. The molecule has 1 saturated heterocycles. The Kier molecular flexibility index (Phi) is 7.95. The molecule has 0 unspecified atom stereocenters. The topological polar surface area (TPSA) is 115 Å². The molecule has 0 spiro atoms. The van der Waals surface area contributed by atoms with Gasteiger partial charge in [0.1, 0.15) is 11.8 Å². The Labute approximate surface area is 187 Å². The number of para-hydroxylation sites is 2. The fraction of sp³-hybridized carbons (Fsp3) is 0.522. The maximum absolute atomic E-state index is 12.8. The molecule has 0 saturated carbocycles. The molecule has 3 rings (SSSR count). The summed E-state index contributed by atoms with van der Waals surface area (Å²) in [4.78, 5) is 36.4. The van der Waals surface area contributed by atoms with Crippen molar-refractivity contribution in [3.05, 3.63) is 30.0 Å². The lowest BCUT2D eigenvalue weighted by atomic mass is 9.97. The van der Waals surface area contributed by atoms with E-state index in [1.54, 1.807) is 19.9 Å². The number of esters is 2. The summed E-state index contributed by atoms with van der Waals surface area (Å²) >= 11 is 0. The average molecular weight is 441 g/mol. The van der Waals surface area contributed by atoms with Crippen molar-refractivity contribution in [2.75, 3.05) is 38.3 Å². The van der Waals surface area contributed by atoms with Gasteiger partial charge in [0.15, 0.2) is 11.7 Å². The fourth-order valence-electron chi connectivity index (χ4n) is 3.81. The van der Waals surface area contributed by atoms with Crippen LogP contribution >= 0.6 is 0 Å². The summed E-state index contributed by atoms with van der Waals surface area (Å²) in [6, 6.07) is 9.29. The number of hydrogen-bond donors (Lipinski definition) is 0. The van der Waals surface area contributed by atoms with Crippen LogP contribution in [0, 0.1) is 17.2 Å². The quantitative estimate of drug-likeness (QED) is 0.571. The fourth-order valence-corrected chi connectivity index (χ4v) is 3.81. The zero-order valence-electron chi connectivity index (χ0n) is 18.6. The summed E-state index contributed by atoms with van der Waals surface area (Å²) in [5, 5.41) is 9.86. The number of hydrogen-bond acceptors (Lipinski definition) is 9. The highest BCUT2D eigenvalue weighted by Crippen LogP contribution is 2.31. The molecule has 0 amide bonds. The van der Waals surface area contributed by atoms with Crippen molar-refractivity contribution < 1.29 is 23.8 Å². The minimum atomic E-state index is -1.26. The Morgan fingerprint density at radius 3 is 2.66 bits per heavy atom. The number of benzene rings is 1. The molecule has 1 aliphatic rings. The zero-order chi connectivity index (χ0) is 23.1. The highest BCUT2D eigenvalue weighted by molar-refractivity contribution is 5.85. The zero-order valence-corrected chi connectivity index (χ0v) is 18.6. The number of methoxy groups -OCH3 is 1. The second kappa shape index (κ2) is 10.9. The second-order valence-electron chi connectivity index (χ2n) is 7.72. The number of anilines is 1. The molecule has 2 aromatic rings. The highest BCUT2D eigenvalue weighted by atomic mass is 16.6. The van der Waals surface area contributed by atoms with Crippen LogP contribution in [0.15, 0.2) is 24.3 Å². The van der Waals surface area contributed by atoms with Crippen molar-refractivity contribution >= 4 is 28.8 Å². The first-order valence-corrected chi connectivity index (χ1v) is 10.8. The van der Waals surface area contributed by atoms with Crippen LogP contribution in [0.2, 0.25) is 0 Å². The van der Waals surface area contributed by atoms with Crippen molar-refractivity contribution in [1.29, 1.82) is 5.26 Å². The molecule has 9 heteroatoms. The first kappa shape index (κ1) is 23.4. The molecule has 3 atom stereocenters. The molecule has 9 nitrogen and oxygen atoms in total. The standard InChI is InChI=1S/C23H28N4O5/c1-4-31-22(28)16-8-7-11-27(13-16)21-20(25-18-9-5-6-10-19(18)26-21)17(12-24)23(29)32-15(2)14-30-3/h5-6,9-10,15-17H,4,7-8,11,13-14H2,1-3H3/t15-,16-,17-/m0/s1. The van der Waals surface area contributed by atoms with Crippen molar-refractivity contribution in [2.45, 2.75) is 38.7 Å². The van der Waals surface area contributed by atoms with E-state index in [4.69, 9.17) is 19.2 Å². The number of piperidine rings is 1. The van der Waals surface area contributed by atoms with E-state index < -0.39 is 18.0 Å². The molecule has 2 heterocycles. The number of nitriles is 1. The summed E-state index contributed by atoms with van der Waals surface area (Å²) in [7, 11) is 1.51. The SMILES string of the molecule is CCOC(=O)[C@H]1CCCN(c2nc3ccccc3nc2[C@H](C#N)C(=O)O[C@@H](C)COC)C1. The Bertz CT molecular complexity index is 1010.